The predicted molar refractivity (Wildman–Crippen MR) is 110 cm³/mol. The Morgan fingerprint density at radius 2 is 1.69 bits per heavy atom. The van der Waals surface area contributed by atoms with Crippen molar-refractivity contribution >= 4 is 41.0 Å². The van der Waals surface area contributed by atoms with Gasteiger partial charge in [-0.05, 0) is 31.0 Å². The third kappa shape index (κ3) is 5.66. The molecule has 29 heavy (non-hydrogen) atoms. The molecule has 3 rings (SSSR count). The third-order valence-electron chi connectivity index (χ3n) is 4.73. The molecular formula is C20H20Cl2N4O3. The highest BCUT2D eigenvalue weighted by atomic mass is 35.5. The first kappa shape index (κ1) is 21.0. The summed E-state index contributed by atoms with van der Waals surface area (Å²) in [6, 6.07) is 4.95. The number of hydrogen-bond acceptors (Lipinski definition) is 3. The molecule has 3 N–H and O–H groups in total. The van der Waals surface area contributed by atoms with Crippen LogP contribution >= 0.6 is 23.2 Å². The Kier molecular flexibility index (Phi) is 6.36. The molecular weight excluding hydrogens is 415 g/mol. The van der Waals surface area contributed by atoms with Gasteiger partial charge in [0.25, 0.3) is 0 Å². The van der Waals surface area contributed by atoms with Crippen LogP contribution in [0.2, 0.25) is 10.0 Å². The van der Waals surface area contributed by atoms with E-state index in [0.29, 0.717) is 36.2 Å². The summed E-state index contributed by atoms with van der Waals surface area (Å²) >= 11 is 11.9. The second-order valence-corrected chi connectivity index (χ2v) is 7.75. The third-order valence-corrected chi connectivity index (χ3v) is 5.47. The molecule has 0 bridgehead atoms. The van der Waals surface area contributed by atoms with E-state index in [9.17, 15) is 14.4 Å². The Labute approximate surface area is 178 Å². The Balaban J connectivity index is 1.53. The van der Waals surface area contributed by atoms with Gasteiger partial charge in [0, 0.05) is 43.9 Å². The molecule has 1 saturated heterocycles. The number of piperazine rings is 1. The molecule has 1 saturated carbocycles. The second kappa shape index (κ2) is 8.76. The maximum atomic E-state index is 12.6. The number of amides is 4. The van der Waals surface area contributed by atoms with Crippen molar-refractivity contribution in [2.75, 3.05) is 26.2 Å². The van der Waals surface area contributed by atoms with E-state index in [-0.39, 0.29) is 11.9 Å². The van der Waals surface area contributed by atoms with Crippen LogP contribution in [0.4, 0.5) is 4.79 Å². The summed E-state index contributed by atoms with van der Waals surface area (Å²) in [7, 11) is 0. The van der Waals surface area contributed by atoms with E-state index in [4.69, 9.17) is 28.9 Å². The number of carbonyl (C=O) groups excluding carboxylic acids is 3. The van der Waals surface area contributed by atoms with Gasteiger partial charge in [-0.1, -0.05) is 35.0 Å². The van der Waals surface area contributed by atoms with E-state index < -0.39 is 11.4 Å². The maximum Gasteiger partial charge on any atom is 0.318 e. The summed E-state index contributed by atoms with van der Waals surface area (Å²) in [5.74, 6) is 5.20. The molecule has 1 aromatic rings. The van der Waals surface area contributed by atoms with Gasteiger partial charge in [0.05, 0.1) is 10.0 Å². The SMILES string of the molecule is NC(=O)C=CC(=O)N1CCN(C(=O)NC2(C#Cc3ccc(Cl)c(Cl)c3)CC2)CC1. The van der Waals surface area contributed by atoms with Crippen LogP contribution in [0.15, 0.2) is 30.4 Å². The monoisotopic (exact) mass is 434 g/mol. The number of benzene rings is 1. The Morgan fingerprint density at radius 3 is 2.28 bits per heavy atom. The van der Waals surface area contributed by atoms with Gasteiger partial charge in [-0.2, -0.15) is 0 Å². The number of nitrogens with one attached hydrogen (secondary N) is 1. The van der Waals surface area contributed by atoms with Crippen molar-refractivity contribution in [3.63, 3.8) is 0 Å². The number of carbonyl (C=O) groups is 3. The number of urea groups is 1. The van der Waals surface area contributed by atoms with Crippen LogP contribution in [0.1, 0.15) is 18.4 Å². The molecule has 4 amide bonds. The zero-order valence-electron chi connectivity index (χ0n) is 15.6. The molecule has 1 aliphatic carbocycles. The average molecular weight is 435 g/mol. The summed E-state index contributed by atoms with van der Waals surface area (Å²) in [4.78, 5) is 38.5. The number of nitrogens with zero attached hydrogens (tertiary/aromatic N) is 2. The standard InChI is InChI=1S/C20H20Cl2N4O3/c21-15-2-1-14(13-16(15)22)5-6-20(7-8-20)24-19(29)26-11-9-25(10-12-26)18(28)4-3-17(23)27/h1-4,13H,7-12H2,(H2,23,27)(H,24,29). The summed E-state index contributed by atoms with van der Waals surface area (Å²) in [5, 5.41) is 3.90. The molecule has 1 aliphatic heterocycles. The Hall–Kier alpha value is -2.69. The van der Waals surface area contributed by atoms with Gasteiger partial charge in [-0.3, -0.25) is 9.59 Å². The first-order valence-electron chi connectivity index (χ1n) is 9.10. The van der Waals surface area contributed by atoms with E-state index in [0.717, 1.165) is 30.6 Å². The van der Waals surface area contributed by atoms with Gasteiger partial charge >= 0.3 is 6.03 Å². The van der Waals surface area contributed by atoms with E-state index in [1.54, 1.807) is 28.0 Å². The van der Waals surface area contributed by atoms with Crippen molar-refractivity contribution in [2.24, 2.45) is 5.73 Å². The molecule has 152 valence electrons. The first-order valence-corrected chi connectivity index (χ1v) is 9.85. The largest absolute Gasteiger partial charge is 0.366 e. The Bertz CT molecular complexity index is 923. The molecule has 0 atom stereocenters. The highest BCUT2D eigenvalue weighted by Gasteiger charge is 2.43. The quantitative estimate of drug-likeness (QED) is 0.560. The highest BCUT2D eigenvalue weighted by molar-refractivity contribution is 6.42. The fraction of sp³-hybridized carbons (Fsp3) is 0.350. The minimum atomic E-state index is -0.673. The van der Waals surface area contributed by atoms with Gasteiger partial charge in [-0.25, -0.2) is 4.79 Å². The van der Waals surface area contributed by atoms with Crippen LogP contribution in [0.3, 0.4) is 0 Å². The van der Waals surface area contributed by atoms with Crippen LogP contribution < -0.4 is 11.1 Å². The molecule has 7 nitrogen and oxygen atoms in total. The molecule has 0 spiro atoms. The van der Waals surface area contributed by atoms with Gasteiger partial charge in [0.2, 0.25) is 11.8 Å². The van der Waals surface area contributed by atoms with Crippen molar-refractivity contribution in [3.05, 3.63) is 46.0 Å². The van der Waals surface area contributed by atoms with Crippen LogP contribution in [-0.4, -0.2) is 59.4 Å². The molecule has 0 radical (unpaired) electrons. The number of nitrogens with two attached hydrogens (primary N) is 1. The number of halogens is 2. The van der Waals surface area contributed by atoms with Crippen molar-refractivity contribution in [1.82, 2.24) is 15.1 Å². The number of hydrogen-bond donors (Lipinski definition) is 2. The van der Waals surface area contributed by atoms with Crippen molar-refractivity contribution in [2.45, 2.75) is 18.4 Å². The van der Waals surface area contributed by atoms with Crippen molar-refractivity contribution in [3.8, 4) is 11.8 Å². The minimum Gasteiger partial charge on any atom is -0.366 e. The summed E-state index contributed by atoms with van der Waals surface area (Å²) in [5.41, 5.74) is 5.20. The van der Waals surface area contributed by atoms with Crippen molar-refractivity contribution < 1.29 is 14.4 Å². The van der Waals surface area contributed by atoms with Gasteiger partial charge in [0.15, 0.2) is 0 Å². The summed E-state index contributed by atoms with van der Waals surface area (Å²) in [6.45, 7) is 1.57. The van der Waals surface area contributed by atoms with Gasteiger partial charge < -0.3 is 20.9 Å². The van der Waals surface area contributed by atoms with Crippen LogP contribution in [-0.2, 0) is 9.59 Å². The topological polar surface area (TPSA) is 95.7 Å². The smallest absolute Gasteiger partial charge is 0.318 e. The normalized spacial score (nSPS) is 17.4. The van der Waals surface area contributed by atoms with E-state index in [1.807, 2.05) is 0 Å². The molecule has 1 aromatic carbocycles. The van der Waals surface area contributed by atoms with Crippen LogP contribution in [0.25, 0.3) is 0 Å². The van der Waals surface area contributed by atoms with Gasteiger partial charge in [0.1, 0.15) is 5.54 Å². The molecule has 0 aromatic heterocycles. The lowest BCUT2D eigenvalue weighted by Gasteiger charge is -2.34. The number of rotatable bonds is 3. The average Bonchev–Trinajstić information content (AvgIpc) is 3.46. The Morgan fingerprint density at radius 1 is 1.03 bits per heavy atom. The van der Waals surface area contributed by atoms with Crippen LogP contribution in [0.5, 0.6) is 0 Å². The molecule has 0 unspecified atom stereocenters. The number of primary amides is 1. The summed E-state index contributed by atoms with van der Waals surface area (Å²) in [6.07, 6.45) is 3.74. The van der Waals surface area contributed by atoms with E-state index >= 15 is 0 Å². The fourth-order valence-electron chi connectivity index (χ4n) is 2.84. The lowest BCUT2D eigenvalue weighted by atomic mass is 10.2. The highest BCUT2D eigenvalue weighted by Crippen LogP contribution is 2.35. The zero-order chi connectivity index (χ0) is 21.0. The van der Waals surface area contributed by atoms with E-state index in [1.165, 1.54) is 0 Å². The maximum absolute atomic E-state index is 12.6. The van der Waals surface area contributed by atoms with E-state index in [2.05, 4.69) is 17.2 Å². The second-order valence-electron chi connectivity index (χ2n) is 6.94. The minimum absolute atomic E-state index is 0.203. The van der Waals surface area contributed by atoms with Gasteiger partial charge in [-0.15, -0.1) is 0 Å². The zero-order valence-corrected chi connectivity index (χ0v) is 17.1. The molecule has 1 heterocycles. The molecule has 2 fully saturated rings. The first-order chi connectivity index (χ1) is 13.8. The molecule has 2 aliphatic rings. The fourth-order valence-corrected chi connectivity index (χ4v) is 3.14. The lowest BCUT2D eigenvalue weighted by molar-refractivity contribution is -0.127. The lowest BCUT2D eigenvalue weighted by Crippen LogP contribution is -2.54. The van der Waals surface area contributed by atoms with Crippen molar-refractivity contribution in [1.29, 1.82) is 0 Å². The predicted octanol–water partition coefficient (Wildman–Crippen LogP) is 1.77. The van der Waals surface area contributed by atoms with Crippen LogP contribution in [0, 0.1) is 11.8 Å². The molecule has 9 heteroatoms. The summed E-state index contributed by atoms with van der Waals surface area (Å²) < 4.78 is 0.